The van der Waals surface area contributed by atoms with E-state index >= 15 is 0 Å². The third kappa shape index (κ3) is 11.1. The molecule has 0 amide bonds. The molecular weight excluding hydrogens is 464 g/mol. The first-order valence-corrected chi connectivity index (χ1v) is 12.5. The van der Waals surface area contributed by atoms with Crippen molar-refractivity contribution in [1.82, 2.24) is 0 Å². The third-order valence-corrected chi connectivity index (χ3v) is 5.06. The van der Waals surface area contributed by atoms with Crippen molar-refractivity contribution in [3.05, 3.63) is 72.9 Å². The molecule has 0 aliphatic heterocycles. The predicted octanol–water partition coefficient (Wildman–Crippen LogP) is 6.81. The third-order valence-electron chi connectivity index (χ3n) is 5.06. The van der Waals surface area contributed by atoms with Crippen LogP contribution in [0.25, 0.3) is 0 Å². The maximum atomic E-state index is 12.4. The lowest BCUT2D eigenvalue weighted by molar-refractivity contribution is -0.363. The second kappa shape index (κ2) is 17.3. The lowest BCUT2D eigenvalue weighted by Gasteiger charge is -2.14. The van der Waals surface area contributed by atoms with Crippen molar-refractivity contribution in [2.45, 2.75) is 65.2 Å². The summed E-state index contributed by atoms with van der Waals surface area (Å²) in [5.41, 5.74) is 0.492. The smallest absolute Gasteiger partial charge is 0.373 e. The van der Waals surface area contributed by atoms with Gasteiger partial charge >= 0.3 is 18.2 Å². The molecule has 0 N–H and O–H groups in total. The normalized spacial score (nSPS) is 10.8. The largest absolute Gasteiger partial charge is 0.494 e. The molecule has 36 heavy (non-hydrogen) atoms. The fourth-order valence-corrected chi connectivity index (χ4v) is 3.27. The van der Waals surface area contributed by atoms with Gasteiger partial charge in [0.2, 0.25) is 0 Å². The van der Waals surface area contributed by atoms with Crippen molar-refractivity contribution >= 4 is 11.9 Å². The molecule has 0 atom stereocenters. The Kier molecular flexibility index (Phi) is 14.0. The van der Waals surface area contributed by atoms with Gasteiger partial charge in [0.05, 0.1) is 24.3 Å². The van der Waals surface area contributed by atoms with Crippen LogP contribution >= 0.6 is 0 Å². The van der Waals surface area contributed by atoms with Gasteiger partial charge in [-0.2, -0.15) is 0 Å². The molecule has 196 valence electrons. The fraction of sp³-hybridized carbons (Fsp3) is 0.429. The SMILES string of the molecule is [CH2]CCCCCCCC[C](OOC(=O)c1cccc(OCC)c1)OOC(=O)c1cccc(OCC)c1. The van der Waals surface area contributed by atoms with E-state index < -0.39 is 11.9 Å². The number of carbonyl (C=O) groups is 2. The van der Waals surface area contributed by atoms with Gasteiger partial charge in [0.15, 0.2) is 0 Å². The average molecular weight is 501 g/mol. The zero-order valence-electron chi connectivity index (χ0n) is 21.2. The molecule has 0 aliphatic rings. The van der Waals surface area contributed by atoms with Gasteiger partial charge in [-0.25, -0.2) is 9.59 Å². The number of benzene rings is 2. The standard InChI is InChI=1S/C28H36O8/c1-4-7-8-9-10-11-12-19-26(33-35-27(29)22-15-13-17-24(20-22)31-5-2)34-36-28(30)23-16-14-18-25(21-23)32-6-3/h13-18,20-21H,1,4-12,19H2,2-3H3. The van der Waals surface area contributed by atoms with E-state index in [1.165, 1.54) is 0 Å². The number of hydrogen-bond acceptors (Lipinski definition) is 8. The first-order chi connectivity index (χ1) is 17.6. The molecule has 0 aliphatic carbocycles. The predicted molar refractivity (Wildman–Crippen MR) is 134 cm³/mol. The zero-order chi connectivity index (χ0) is 26.0. The van der Waals surface area contributed by atoms with Crippen molar-refractivity contribution in [3.63, 3.8) is 0 Å². The molecule has 2 aromatic carbocycles. The fourth-order valence-electron chi connectivity index (χ4n) is 3.27. The van der Waals surface area contributed by atoms with Crippen molar-refractivity contribution in [1.29, 1.82) is 0 Å². The molecule has 0 saturated carbocycles. The minimum Gasteiger partial charge on any atom is -0.494 e. The minimum absolute atomic E-state index is 0.128. The topological polar surface area (TPSA) is 89.5 Å². The number of hydrogen-bond donors (Lipinski definition) is 0. The van der Waals surface area contributed by atoms with Crippen LogP contribution in [0.1, 0.15) is 85.9 Å². The van der Waals surface area contributed by atoms with E-state index in [0.29, 0.717) is 31.1 Å². The Morgan fingerprint density at radius 3 is 1.61 bits per heavy atom. The van der Waals surface area contributed by atoms with Crippen molar-refractivity contribution < 1.29 is 38.6 Å². The molecule has 2 aromatic rings. The quantitative estimate of drug-likeness (QED) is 0.125. The minimum atomic E-state index is -0.735. The van der Waals surface area contributed by atoms with Crippen LogP contribution in [-0.4, -0.2) is 25.2 Å². The summed E-state index contributed by atoms with van der Waals surface area (Å²) in [5.74, 6) is -0.396. The van der Waals surface area contributed by atoms with Crippen molar-refractivity contribution in [2.24, 2.45) is 0 Å². The summed E-state index contributed by atoms with van der Waals surface area (Å²) in [4.78, 5) is 45.1. The lowest BCUT2D eigenvalue weighted by Crippen LogP contribution is -2.16. The van der Waals surface area contributed by atoms with Gasteiger partial charge in [-0.05, 0) is 56.7 Å². The second-order valence-corrected chi connectivity index (χ2v) is 7.93. The van der Waals surface area contributed by atoms with Gasteiger partial charge in [0.25, 0.3) is 0 Å². The summed E-state index contributed by atoms with van der Waals surface area (Å²) in [6, 6.07) is 13.1. The lowest BCUT2D eigenvalue weighted by atomic mass is 10.1. The highest BCUT2D eigenvalue weighted by Crippen LogP contribution is 2.21. The average Bonchev–Trinajstić information content (AvgIpc) is 2.89. The Morgan fingerprint density at radius 2 is 1.14 bits per heavy atom. The molecule has 8 nitrogen and oxygen atoms in total. The molecule has 8 heteroatoms. The Bertz CT molecular complexity index is 848. The highest BCUT2D eigenvalue weighted by molar-refractivity contribution is 5.90. The van der Waals surface area contributed by atoms with Gasteiger partial charge in [-0.1, -0.05) is 57.6 Å². The van der Waals surface area contributed by atoms with Crippen LogP contribution in [0.5, 0.6) is 11.5 Å². The molecule has 2 rings (SSSR count). The van der Waals surface area contributed by atoms with Gasteiger partial charge in [-0.3, -0.25) is 9.78 Å². The molecule has 0 unspecified atom stereocenters. The summed E-state index contributed by atoms with van der Waals surface area (Å²) in [5, 5.41) is 0. The molecular formula is C28H36O8. The number of unbranched alkanes of at least 4 members (excludes halogenated alkanes) is 6. The summed E-state index contributed by atoms with van der Waals surface area (Å²) in [6.45, 7) is 8.48. The van der Waals surface area contributed by atoms with E-state index in [0.717, 1.165) is 38.5 Å². The Hall–Kier alpha value is -3.10. The Morgan fingerprint density at radius 1 is 0.667 bits per heavy atom. The van der Waals surface area contributed by atoms with Crippen LogP contribution in [0, 0.1) is 13.2 Å². The van der Waals surface area contributed by atoms with Crippen molar-refractivity contribution in [2.75, 3.05) is 13.2 Å². The van der Waals surface area contributed by atoms with Crippen LogP contribution < -0.4 is 9.47 Å². The molecule has 0 aromatic heterocycles. The van der Waals surface area contributed by atoms with Gasteiger partial charge in [0, 0.05) is 6.42 Å². The Labute approximate surface area is 213 Å². The Balaban J connectivity index is 1.92. The summed E-state index contributed by atoms with van der Waals surface area (Å²) >= 11 is 0. The first-order valence-electron chi connectivity index (χ1n) is 12.5. The second-order valence-electron chi connectivity index (χ2n) is 7.93. The van der Waals surface area contributed by atoms with E-state index in [-0.39, 0.29) is 23.8 Å². The van der Waals surface area contributed by atoms with Crippen LogP contribution in [0.2, 0.25) is 0 Å². The molecule has 2 radical (unpaired) electrons. The molecule has 0 bridgehead atoms. The van der Waals surface area contributed by atoms with E-state index in [9.17, 15) is 9.59 Å². The highest BCUT2D eigenvalue weighted by Gasteiger charge is 2.22. The molecule has 0 fully saturated rings. The molecule has 0 heterocycles. The molecule has 0 saturated heterocycles. The van der Waals surface area contributed by atoms with Crippen LogP contribution in [0.4, 0.5) is 0 Å². The summed E-state index contributed by atoms with van der Waals surface area (Å²) in [6.07, 6.45) is 7.14. The van der Waals surface area contributed by atoms with E-state index in [1.807, 2.05) is 13.8 Å². The first kappa shape index (κ1) is 29.1. The molecule has 0 spiro atoms. The van der Waals surface area contributed by atoms with E-state index in [1.54, 1.807) is 48.5 Å². The van der Waals surface area contributed by atoms with Crippen LogP contribution in [0.15, 0.2) is 48.5 Å². The monoisotopic (exact) mass is 500 g/mol. The maximum Gasteiger partial charge on any atom is 0.373 e. The van der Waals surface area contributed by atoms with Crippen molar-refractivity contribution in [3.8, 4) is 11.5 Å². The maximum absolute atomic E-state index is 12.4. The summed E-state index contributed by atoms with van der Waals surface area (Å²) in [7, 11) is 0. The highest BCUT2D eigenvalue weighted by atomic mass is 17.3. The van der Waals surface area contributed by atoms with Gasteiger partial charge < -0.3 is 9.47 Å². The van der Waals surface area contributed by atoms with Crippen LogP contribution in [-0.2, 0) is 19.6 Å². The van der Waals surface area contributed by atoms with Gasteiger partial charge in [0.1, 0.15) is 11.5 Å². The number of ether oxygens (including phenoxy) is 2. The van der Waals surface area contributed by atoms with Gasteiger partial charge in [-0.15, -0.1) is 9.78 Å². The van der Waals surface area contributed by atoms with Crippen LogP contribution in [0.3, 0.4) is 0 Å². The number of rotatable bonds is 18. The van der Waals surface area contributed by atoms with E-state index in [4.69, 9.17) is 29.0 Å². The summed E-state index contributed by atoms with van der Waals surface area (Å²) < 4.78 is 10.8. The zero-order valence-corrected chi connectivity index (χ0v) is 21.2. The number of carbonyl (C=O) groups excluding carboxylic acids is 2. The van der Waals surface area contributed by atoms with E-state index in [2.05, 4.69) is 6.92 Å².